The molecule has 0 atom stereocenters. The van der Waals surface area contributed by atoms with E-state index in [1.54, 1.807) is 4.68 Å². The highest BCUT2D eigenvalue weighted by Gasteiger charge is 2.22. The third-order valence-corrected chi connectivity index (χ3v) is 4.86. The van der Waals surface area contributed by atoms with Gasteiger partial charge >= 0.3 is 0 Å². The molecule has 1 aromatic carbocycles. The van der Waals surface area contributed by atoms with Gasteiger partial charge in [0, 0.05) is 23.8 Å². The zero-order valence-corrected chi connectivity index (χ0v) is 13.8. The molecule has 1 aliphatic heterocycles. The van der Waals surface area contributed by atoms with Crippen LogP contribution in [0.3, 0.4) is 0 Å². The third kappa shape index (κ3) is 2.81. The summed E-state index contributed by atoms with van der Waals surface area (Å²) in [5.41, 5.74) is 1.48. The fourth-order valence-corrected chi connectivity index (χ4v) is 3.37. The molecular formula is C16H18ClN6O+. The third-order valence-electron chi connectivity index (χ3n) is 4.50. The molecule has 0 unspecified atom stereocenters. The van der Waals surface area contributed by atoms with Crippen LogP contribution in [0.5, 0.6) is 0 Å². The van der Waals surface area contributed by atoms with Crippen LogP contribution in [0.1, 0.15) is 30.1 Å². The normalized spacial score (nSPS) is 15.9. The van der Waals surface area contributed by atoms with E-state index < -0.39 is 0 Å². The minimum absolute atomic E-state index is 0.227. The highest BCUT2D eigenvalue weighted by molar-refractivity contribution is 6.31. The molecule has 0 amide bonds. The molecule has 24 heavy (non-hydrogen) atoms. The lowest BCUT2D eigenvalue weighted by atomic mass is 9.97. The monoisotopic (exact) mass is 345 g/mol. The number of aromatic amines is 1. The Hall–Kier alpha value is -2.25. The summed E-state index contributed by atoms with van der Waals surface area (Å²) in [7, 11) is 0. The van der Waals surface area contributed by atoms with E-state index in [0.717, 1.165) is 37.3 Å². The second kappa shape index (κ2) is 6.33. The van der Waals surface area contributed by atoms with Crippen LogP contribution in [0, 0.1) is 0 Å². The fourth-order valence-electron chi connectivity index (χ4n) is 3.17. The summed E-state index contributed by atoms with van der Waals surface area (Å²) >= 11 is 6.22. The van der Waals surface area contributed by atoms with Crippen molar-refractivity contribution in [3.05, 3.63) is 51.0 Å². The molecule has 3 N–H and O–H groups in total. The molecule has 0 bridgehead atoms. The maximum absolute atomic E-state index is 12.3. The number of nitrogens with zero attached hydrogens (tertiary/aromatic N) is 4. The Bertz CT molecular complexity index is 928. The number of rotatable bonds is 3. The summed E-state index contributed by atoms with van der Waals surface area (Å²) in [5, 5.41) is 11.0. The van der Waals surface area contributed by atoms with Crippen molar-refractivity contribution in [2.75, 3.05) is 13.1 Å². The average molecular weight is 346 g/mol. The molecule has 1 aliphatic rings. The van der Waals surface area contributed by atoms with E-state index in [4.69, 9.17) is 11.6 Å². The predicted octanol–water partition coefficient (Wildman–Crippen LogP) is 0.657. The number of hydrogen-bond acceptors (Lipinski definition) is 4. The Kier molecular flexibility index (Phi) is 4.03. The highest BCUT2D eigenvalue weighted by Crippen LogP contribution is 2.21. The van der Waals surface area contributed by atoms with Gasteiger partial charge in [0.15, 0.2) is 11.2 Å². The van der Waals surface area contributed by atoms with E-state index in [1.165, 1.54) is 0 Å². The van der Waals surface area contributed by atoms with Gasteiger partial charge in [0.25, 0.3) is 5.56 Å². The van der Waals surface area contributed by atoms with Crippen molar-refractivity contribution in [3.8, 4) is 0 Å². The van der Waals surface area contributed by atoms with E-state index >= 15 is 0 Å². The minimum Gasteiger partial charge on any atom is -0.346 e. The van der Waals surface area contributed by atoms with Crippen molar-refractivity contribution in [1.29, 1.82) is 0 Å². The van der Waals surface area contributed by atoms with E-state index in [9.17, 15) is 4.79 Å². The Morgan fingerprint density at radius 1 is 1.29 bits per heavy atom. The van der Waals surface area contributed by atoms with Crippen molar-refractivity contribution < 1.29 is 5.32 Å². The predicted molar refractivity (Wildman–Crippen MR) is 90.1 cm³/mol. The molecule has 4 rings (SSSR count). The minimum atomic E-state index is -0.227. The van der Waals surface area contributed by atoms with Gasteiger partial charge in [0.1, 0.15) is 5.82 Å². The number of nitrogens with one attached hydrogen (secondary N) is 1. The smallest absolute Gasteiger partial charge is 0.281 e. The first-order valence-electron chi connectivity index (χ1n) is 8.11. The summed E-state index contributed by atoms with van der Waals surface area (Å²) in [6.45, 7) is 2.55. The van der Waals surface area contributed by atoms with Crippen molar-refractivity contribution in [2.45, 2.75) is 25.3 Å². The van der Waals surface area contributed by atoms with Crippen LogP contribution in [0.2, 0.25) is 5.02 Å². The standard InChI is InChI=1S/C16H17ClN6O/c17-12-4-2-1-3-11(12)9-23-15-13(21-22-23)16(24)20-14(19-15)10-5-7-18-8-6-10/h1-4,10,18H,5-9H2,(H,19,20,24)/p+1. The first kappa shape index (κ1) is 15.3. The second-order valence-electron chi connectivity index (χ2n) is 6.10. The van der Waals surface area contributed by atoms with Crippen LogP contribution in [0.15, 0.2) is 29.1 Å². The zero-order chi connectivity index (χ0) is 16.5. The highest BCUT2D eigenvalue weighted by atomic mass is 35.5. The number of hydrogen-bond donors (Lipinski definition) is 2. The Labute approximate surface area is 143 Å². The van der Waals surface area contributed by atoms with Crippen LogP contribution in [-0.2, 0) is 6.54 Å². The van der Waals surface area contributed by atoms with Crippen molar-refractivity contribution in [3.63, 3.8) is 0 Å². The molecule has 8 heteroatoms. The number of quaternary nitrogens is 1. The molecule has 1 saturated heterocycles. The molecule has 124 valence electrons. The largest absolute Gasteiger partial charge is 0.346 e. The lowest BCUT2D eigenvalue weighted by Gasteiger charge is -2.19. The van der Waals surface area contributed by atoms with Gasteiger partial charge in [0.2, 0.25) is 0 Å². The lowest BCUT2D eigenvalue weighted by Crippen LogP contribution is -2.86. The Morgan fingerprint density at radius 3 is 2.88 bits per heavy atom. The van der Waals surface area contributed by atoms with E-state index in [-0.39, 0.29) is 17.0 Å². The maximum atomic E-state index is 12.3. The summed E-state index contributed by atoms with van der Waals surface area (Å²) < 4.78 is 1.64. The molecule has 3 aromatic rings. The number of benzene rings is 1. The maximum Gasteiger partial charge on any atom is 0.281 e. The van der Waals surface area contributed by atoms with Gasteiger partial charge in [0.05, 0.1) is 19.6 Å². The van der Waals surface area contributed by atoms with Gasteiger partial charge in [-0.2, -0.15) is 0 Å². The molecule has 0 saturated carbocycles. The zero-order valence-electron chi connectivity index (χ0n) is 13.1. The quantitative estimate of drug-likeness (QED) is 0.729. The van der Waals surface area contributed by atoms with E-state index in [1.807, 2.05) is 24.3 Å². The average Bonchev–Trinajstić information content (AvgIpc) is 3.01. The van der Waals surface area contributed by atoms with E-state index in [2.05, 4.69) is 25.6 Å². The summed E-state index contributed by atoms with van der Waals surface area (Å²) in [5.74, 6) is 1.03. The SMILES string of the molecule is O=c1[nH]c(C2CC[NH2+]CC2)nc2c1nnn2Cc1ccccc1Cl. The number of piperidine rings is 1. The van der Waals surface area contributed by atoms with Crippen LogP contribution < -0.4 is 10.9 Å². The second-order valence-corrected chi connectivity index (χ2v) is 6.51. The molecule has 3 heterocycles. The number of H-pyrrole nitrogens is 1. The number of aromatic nitrogens is 5. The van der Waals surface area contributed by atoms with Gasteiger partial charge in [-0.25, -0.2) is 9.67 Å². The van der Waals surface area contributed by atoms with Crippen LogP contribution >= 0.6 is 11.6 Å². The van der Waals surface area contributed by atoms with Gasteiger partial charge in [-0.15, -0.1) is 5.10 Å². The molecule has 0 aliphatic carbocycles. The lowest BCUT2D eigenvalue weighted by molar-refractivity contribution is -0.663. The first-order valence-corrected chi connectivity index (χ1v) is 8.48. The Morgan fingerprint density at radius 2 is 2.08 bits per heavy atom. The van der Waals surface area contributed by atoms with Gasteiger partial charge in [-0.1, -0.05) is 35.0 Å². The van der Waals surface area contributed by atoms with Gasteiger partial charge < -0.3 is 10.3 Å². The molecule has 2 aromatic heterocycles. The van der Waals surface area contributed by atoms with Gasteiger partial charge in [-0.3, -0.25) is 4.79 Å². The van der Waals surface area contributed by atoms with Crippen molar-refractivity contribution >= 4 is 22.8 Å². The van der Waals surface area contributed by atoms with Crippen LogP contribution in [-0.4, -0.2) is 38.1 Å². The van der Waals surface area contributed by atoms with Crippen molar-refractivity contribution in [1.82, 2.24) is 25.0 Å². The molecule has 1 fully saturated rings. The first-order chi connectivity index (χ1) is 11.7. The molecule has 7 nitrogen and oxygen atoms in total. The molecule has 0 radical (unpaired) electrons. The van der Waals surface area contributed by atoms with Crippen LogP contribution in [0.25, 0.3) is 11.2 Å². The molecule has 0 spiro atoms. The number of nitrogens with two attached hydrogens (primary N) is 1. The topological polar surface area (TPSA) is 93.1 Å². The van der Waals surface area contributed by atoms with Gasteiger partial charge in [-0.05, 0) is 11.6 Å². The summed E-state index contributed by atoms with van der Waals surface area (Å²) in [4.78, 5) is 19.9. The number of halogens is 1. The van der Waals surface area contributed by atoms with Crippen LogP contribution in [0.4, 0.5) is 0 Å². The van der Waals surface area contributed by atoms with Crippen molar-refractivity contribution in [2.24, 2.45) is 0 Å². The summed E-state index contributed by atoms with van der Waals surface area (Å²) in [6, 6.07) is 7.57. The number of fused-ring (bicyclic) bond motifs is 1. The fraction of sp³-hybridized carbons (Fsp3) is 0.375. The molecular weight excluding hydrogens is 328 g/mol. The van der Waals surface area contributed by atoms with E-state index in [0.29, 0.717) is 17.2 Å². The Balaban J connectivity index is 1.75. The summed E-state index contributed by atoms with van der Waals surface area (Å²) in [6.07, 6.45) is 2.03.